The van der Waals surface area contributed by atoms with Gasteiger partial charge in [-0.1, -0.05) is 36.4 Å². The van der Waals surface area contributed by atoms with Gasteiger partial charge in [0, 0.05) is 39.1 Å². The second-order valence-electron chi connectivity index (χ2n) is 18.3. The highest BCUT2D eigenvalue weighted by molar-refractivity contribution is 6.08. The van der Waals surface area contributed by atoms with E-state index >= 15 is 0 Å². The molecular weight excluding hydrogens is 1030 g/mol. The van der Waals surface area contributed by atoms with Gasteiger partial charge in [0.1, 0.15) is 6.20 Å². The maximum Gasteiger partial charge on any atom is 0.416 e. The van der Waals surface area contributed by atoms with Gasteiger partial charge in [0.15, 0.2) is 6.67 Å². The maximum absolute atomic E-state index is 14.8. The summed E-state index contributed by atoms with van der Waals surface area (Å²) in [6, 6.07) is 23.1. The number of rotatable bonds is 14. The van der Waals surface area contributed by atoms with Gasteiger partial charge < -0.3 is 41.5 Å². The van der Waals surface area contributed by atoms with Crippen LogP contribution in [0.5, 0.6) is 0 Å². The van der Waals surface area contributed by atoms with Crippen molar-refractivity contribution in [2.45, 2.75) is 51.1 Å². The zero-order valence-corrected chi connectivity index (χ0v) is 41.7. The van der Waals surface area contributed by atoms with Gasteiger partial charge in [0.25, 0.3) is 11.8 Å². The number of halogens is 7. The number of likely N-dealkylation sites (N-methyl/N-ethyl adjacent to an activating group) is 2. The molecule has 14 nitrogen and oxygen atoms in total. The van der Waals surface area contributed by atoms with Gasteiger partial charge in [-0.05, 0) is 92.1 Å². The van der Waals surface area contributed by atoms with Crippen molar-refractivity contribution < 1.29 is 67.4 Å². The van der Waals surface area contributed by atoms with E-state index in [2.05, 4.69) is 12.1 Å². The van der Waals surface area contributed by atoms with E-state index in [0.29, 0.717) is 67.1 Å². The summed E-state index contributed by atoms with van der Waals surface area (Å²) in [6.45, 7) is 5.75. The van der Waals surface area contributed by atoms with Crippen molar-refractivity contribution in [3.8, 4) is 12.1 Å². The van der Waals surface area contributed by atoms with Gasteiger partial charge in [-0.25, -0.2) is 9.59 Å². The fourth-order valence-corrected chi connectivity index (χ4v) is 10.3. The van der Waals surface area contributed by atoms with Crippen LogP contribution in [0.2, 0.25) is 0 Å². The van der Waals surface area contributed by atoms with Crippen LogP contribution in [0.15, 0.2) is 132 Å². The Kier molecular flexibility index (Phi) is 15.0. The predicted molar refractivity (Wildman–Crippen MR) is 254 cm³/mol. The summed E-state index contributed by atoms with van der Waals surface area (Å²) < 4.78 is 84.1. The lowest BCUT2D eigenvalue weighted by molar-refractivity contribution is -0.849. The van der Waals surface area contributed by atoms with Crippen molar-refractivity contribution >= 4 is 35.3 Å². The van der Waals surface area contributed by atoms with Gasteiger partial charge in [-0.15, -0.1) is 0 Å². The first kappa shape index (κ1) is 52.7. The van der Waals surface area contributed by atoms with E-state index in [0.717, 1.165) is 29.2 Å². The minimum atomic E-state index is -4.69. The number of anilines is 2. The van der Waals surface area contributed by atoms with Crippen LogP contribution in [0.1, 0.15) is 72.2 Å². The monoisotopic (exact) mass is 1080 g/mol. The quantitative estimate of drug-likeness (QED) is 0.179. The van der Waals surface area contributed by atoms with E-state index in [9.17, 15) is 56.0 Å². The molecule has 0 aliphatic carbocycles. The van der Waals surface area contributed by atoms with Crippen LogP contribution in [0.25, 0.3) is 0 Å². The van der Waals surface area contributed by atoms with Gasteiger partial charge >= 0.3 is 24.4 Å². The Morgan fingerprint density at radius 1 is 0.608 bits per heavy atom. The van der Waals surface area contributed by atoms with Crippen molar-refractivity contribution in [3.63, 3.8) is 0 Å². The number of nitrogens with zero attached hydrogens (tertiary/aromatic N) is 9. The van der Waals surface area contributed by atoms with Crippen LogP contribution in [-0.4, -0.2) is 107 Å². The fraction of sp³-hybridized carbons (Fsp3) is 0.321. The number of urea groups is 2. The number of hydrogen-bond acceptors (Lipinski definition) is 7. The highest BCUT2D eigenvalue weighted by Gasteiger charge is 2.50. The molecule has 0 saturated carbocycles. The number of carbonyl (C=O) groups is 4. The Labute approximate surface area is 433 Å². The average molecular weight is 1080 g/mol. The summed E-state index contributed by atoms with van der Waals surface area (Å²) in [5.41, 5.74) is 1.00. The summed E-state index contributed by atoms with van der Waals surface area (Å²) in [6.07, 6.45) is -4.77. The Morgan fingerprint density at radius 3 is 1.45 bits per heavy atom. The molecule has 0 bridgehead atoms. The molecule has 74 heavy (non-hydrogen) atoms. The molecule has 21 heteroatoms. The van der Waals surface area contributed by atoms with Crippen molar-refractivity contribution in [1.82, 2.24) is 24.5 Å². The molecule has 0 aromatic heterocycles. The summed E-state index contributed by atoms with van der Waals surface area (Å²) in [5, 5.41) is 19.1. The number of nitrogens with one attached hydrogen (secondary N) is 1. The maximum atomic E-state index is 14.8. The second kappa shape index (κ2) is 21.1. The van der Waals surface area contributed by atoms with E-state index in [4.69, 9.17) is 0 Å². The minimum Gasteiger partial charge on any atom is -1.00 e. The molecule has 4 aromatic rings. The third-order valence-corrected chi connectivity index (χ3v) is 13.9. The summed E-state index contributed by atoms with van der Waals surface area (Å²) >= 11 is 0. The van der Waals surface area contributed by atoms with E-state index in [1.165, 1.54) is 53.7 Å². The summed E-state index contributed by atoms with van der Waals surface area (Å²) in [4.78, 5) is 69.4. The topological polar surface area (TPSA) is 143 Å². The first-order valence-corrected chi connectivity index (χ1v) is 23.8. The Hall–Kier alpha value is -7.62. The van der Waals surface area contributed by atoms with Crippen molar-refractivity contribution in [2.75, 3.05) is 68.8 Å². The van der Waals surface area contributed by atoms with Crippen LogP contribution >= 0.6 is 0 Å². The number of benzene rings is 4. The molecule has 9 rings (SSSR count). The fourth-order valence-electron chi connectivity index (χ4n) is 10.3. The molecule has 6 amide bonds. The Bertz CT molecular complexity index is 2840. The van der Waals surface area contributed by atoms with Crippen LogP contribution in [-0.2, 0) is 21.9 Å². The number of nitriles is 2. The lowest BCUT2D eigenvalue weighted by Crippen LogP contribution is -3.07. The molecule has 0 radical (unpaired) electrons. The molecule has 5 heterocycles. The van der Waals surface area contributed by atoms with Crippen molar-refractivity contribution in [1.29, 1.82) is 10.5 Å². The second-order valence-corrected chi connectivity index (χ2v) is 18.3. The third-order valence-electron chi connectivity index (χ3n) is 13.9. The predicted octanol–water partition coefficient (Wildman–Crippen LogP) is 4.78. The van der Waals surface area contributed by atoms with Crippen molar-refractivity contribution in [2.24, 2.45) is 0 Å². The Morgan fingerprint density at radius 2 is 1.04 bits per heavy atom. The Balaban J connectivity index is 0.00000729. The van der Waals surface area contributed by atoms with E-state index < -0.39 is 47.6 Å². The molecule has 4 aromatic carbocycles. The largest absolute Gasteiger partial charge is 1.00 e. The van der Waals surface area contributed by atoms with Crippen LogP contribution < -0.4 is 31.7 Å². The number of quaternary nitrogens is 1. The lowest BCUT2D eigenvalue weighted by Gasteiger charge is -2.42. The van der Waals surface area contributed by atoms with E-state index in [-0.39, 0.29) is 89.7 Å². The van der Waals surface area contributed by atoms with E-state index in [1.807, 2.05) is 17.3 Å². The number of amides is 6. The van der Waals surface area contributed by atoms with Crippen LogP contribution in [0, 0.1) is 22.7 Å². The molecule has 384 valence electrons. The number of carbonyl (C=O) groups excluding carboxylic acids is 4. The highest BCUT2D eigenvalue weighted by Crippen LogP contribution is 2.46. The zero-order chi connectivity index (χ0) is 51.9. The number of alkyl halides is 6. The molecule has 0 fully saturated rings. The van der Waals surface area contributed by atoms with Crippen LogP contribution in [0.3, 0.4) is 0 Å². The molecule has 5 aliphatic rings. The standard InChI is InChI=1S/C53H48F6N10O4.BrH/c1-3-64-31-42-44(48(64)70)46(36-17-13-34(29-60)14-18-36)66(50(72)68(42)40-11-5-9-38(27-40)52(54,55)56)23-7-21-62-25-26-63(33-62)22-8-24-67-47(37-19-15-35(30-61)16-20-37)45-43(32-65(4-2)49(45)71)69(51(67)73)41-12-6-10-39(28-41)53(57,58)59;/h5-6,9-20,25-28,46-47H,3-4,7-8,21-24,31-33H2,1-2H3;1H/t46-,47-;/m1./s1. The summed E-state index contributed by atoms with van der Waals surface area (Å²) in [5.74, 6) is -0.700. The molecule has 3 atom stereocenters. The SMILES string of the molecule is CCN1CC2=C(C1=O)[C@@H](c1ccc(C#N)cc1)N(CCCN1C=C[NH+](CCCN3C(=O)N(c4cccc(C(F)(F)F)c4)C4=C(C(=O)N(CC)C4)[C@H]3c3ccc(C#N)cc3)C1)C(=O)N2c1cccc(C(F)(F)F)c1.[Br-]. The minimum absolute atomic E-state index is 0. The molecule has 0 spiro atoms. The van der Waals surface area contributed by atoms with Gasteiger partial charge in [0.2, 0.25) is 0 Å². The van der Waals surface area contributed by atoms with Gasteiger partial charge in [-0.3, -0.25) is 24.3 Å². The highest BCUT2D eigenvalue weighted by atomic mass is 79.9. The molecule has 1 unspecified atom stereocenters. The third kappa shape index (κ3) is 9.93. The van der Waals surface area contributed by atoms with Crippen LogP contribution in [0.4, 0.5) is 47.3 Å². The number of hydrogen-bond donors (Lipinski definition) is 1. The molecule has 0 saturated heterocycles. The molecule has 5 aliphatic heterocycles. The zero-order valence-electron chi connectivity index (χ0n) is 40.1. The smallest absolute Gasteiger partial charge is 0.416 e. The summed E-state index contributed by atoms with van der Waals surface area (Å²) in [7, 11) is 0. The lowest BCUT2D eigenvalue weighted by atomic mass is 9.92. The first-order chi connectivity index (χ1) is 34.9. The van der Waals surface area contributed by atoms with Gasteiger partial charge in [-0.2, -0.15) is 36.9 Å². The molecule has 1 N–H and O–H groups in total. The first-order valence-electron chi connectivity index (χ1n) is 23.8. The molecular formula is C53H49BrF6N10O4. The van der Waals surface area contributed by atoms with E-state index in [1.54, 1.807) is 62.4 Å². The normalized spacial score (nSPS) is 19.9. The van der Waals surface area contributed by atoms with Gasteiger partial charge in [0.05, 0.1) is 106 Å². The van der Waals surface area contributed by atoms with Crippen molar-refractivity contribution in [3.05, 3.63) is 165 Å². The average Bonchev–Trinajstić information content (AvgIpc) is 4.08.